The van der Waals surface area contributed by atoms with E-state index >= 15 is 0 Å². The van der Waals surface area contributed by atoms with Gasteiger partial charge in [0.05, 0.1) is 0 Å². The van der Waals surface area contributed by atoms with Crippen molar-refractivity contribution >= 4 is 5.97 Å². The van der Waals surface area contributed by atoms with E-state index in [-0.39, 0.29) is 5.48 Å². The van der Waals surface area contributed by atoms with E-state index in [1.54, 1.807) is 0 Å². The fraction of sp³-hybridized carbons (Fsp3) is 0.364. The summed E-state index contributed by atoms with van der Waals surface area (Å²) in [5, 5.41) is 9.12. The SMILES string of the molecule is NC1(C(=O)O)CCCc2ccccc21.O. The number of nitrogens with two attached hydrogens (primary N) is 1. The second-order valence-electron chi connectivity index (χ2n) is 3.79. The highest BCUT2D eigenvalue weighted by molar-refractivity contribution is 5.81. The number of hydrogen-bond acceptors (Lipinski definition) is 2. The van der Waals surface area contributed by atoms with Gasteiger partial charge in [-0.3, -0.25) is 0 Å². The molecular formula is C11H15NO3. The average Bonchev–Trinajstić information content (AvgIpc) is 2.18. The zero-order valence-corrected chi connectivity index (χ0v) is 8.36. The molecule has 5 N–H and O–H groups in total. The molecule has 0 fully saturated rings. The standard InChI is InChI=1S/C11H13NO2.H2O/c12-11(10(13)14)7-3-5-8-4-1-2-6-9(8)11;/h1-2,4,6H,3,5,7,12H2,(H,13,14);1H2. The van der Waals surface area contributed by atoms with E-state index in [1.165, 1.54) is 0 Å². The van der Waals surface area contributed by atoms with E-state index < -0.39 is 11.5 Å². The van der Waals surface area contributed by atoms with Crippen LogP contribution in [0.15, 0.2) is 24.3 Å². The van der Waals surface area contributed by atoms with Crippen LogP contribution in [0.4, 0.5) is 0 Å². The molecule has 0 saturated heterocycles. The van der Waals surface area contributed by atoms with E-state index in [1.807, 2.05) is 24.3 Å². The summed E-state index contributed by atoms with van der Waals surface area (Å²) in [6.07, 6.45) is 2.31. The van der Waals surface area contributed by atoms with Gasteiger partial charge in [-0.15, -0.1) is 0 Å². The summed E-state index contributed by atoms with van der Waals surface area (Å²) in [6.45, 7) is 0. The molecule has 0 aliphatic heterocycles. The molecule has 1 aromatic rings. The van der Waals surface area contributed by atoms with Gasteiger partial charge in [-0.2, -0.15) is 0 Å². The van der Waals surface area contributed by atoms with Crippen molar-refractivity contribution in [1.82, 2.24) is 0 Å². The monoisotopic (exact) mass is 209 g/mol. The fourth-order valence-electron chi connectivity index (χ4n) is 2.09. The first kappa shape index (κ1) is 11.7. The van der Waals surface area contributed by atoms with Crippen molar-refractivity contribution in [2.75, 3.05) is 0 Å². The lowest BCUT2D eigenvalue weighted by molar-refractivity contribution is -0.144. The highest BCUT2D eigenvalue weighted by atomic mass is 16.4. The maximum absolute atomic E-state index is 11.1. The molecule has 0 spiro atoms. The van der Waals surface area contributed by atoms with Crippen LogP contribution >= 0.6 is 0 Å². The third kappa shape index (κ3) is 1.73. The molecule has 0 heterocycles. The zero-order valence-electron chi connectivity index (χ0n) is 8.36. The van der Waals surface area contributed by atoms with E-state index in [2.05, 4.69) is 0 Å². The van der Waals surface area contributed by atoms with Crippen LogP contribution in [0.5, 0.6) is 0 Å². The summed E-state index contributed by atoms with van der Waals surface area (Å²) < 4.78 is 0. The number of rotatable bonds is 1. The molecule has 1 aromatic carbocycles. The topological polar surface area (TPSA) is 94.8 Å². The van der Waals surface area contributed by atoms with Gasteiger partial charge in [0.15, 0.2) is 0 Å². The summed E-state index contributed by atoms with van der Waals surface area (Å²) in [5.74, 6) is -0.926. The molecule has 0 radical (unpaired) electrons. The minimum atomic E-state index is -1.17. The van der Waals surface area contributed by atoms with E-state index in [4.69, 9.17) is 10.8 Å². The quantitative estimate of drug-likeness (QED) is 0.702. The predicted molar refractivity (Wildman–Crippen MR) is 56.5 cm³/mol. The van der Waals surface area contributed by atoms with Crippen molar-refractivity contribution in [3.63, 3.8) is 0 Å². The van der Waals surface area contributed by atoms with Crippen LogP contribution in [0, 0.1) is 0 Å². The van der Waals surface area contributed by atoms with Crippen molar-refractivity contribution in [3.8, 4) is 0 Å². The molecule has 0 bridgehead atoms. The van der Waals surface area contributed by atoms with Crippen molar-refractivity contribution < 1.29 is 15.4 Å². The first-order valence-electron chi connectivity index (χ1n) is 4.75. The average molecular weight is 209 g/mol. The number of benzene rings is 1. The molecule has 1 unspecified atom stereocenters. The molecule has 0 aromatic heterocycles. The lowest BCUT2D eigenvalue weighted by Crippen LogP contribution is -2.47. The highest BCUT2D eigenvalue weighted by Crippen LogP contribution is 2.33. The summed E-state index contributed by atoms with van der Waals surface area (Å²) in [5.41, 5.74) is 6.59. The lowest BCUT2D eigenvalue weighted by Gasteiger charge is -2.31. The van der Waals surface area contributed by atoms with E-state index in [0.29, 0.717) is 6.42 Å². The Hall–Kier alpha value is -1.39. The van der Waals surface area contributed by atoms with Gasteiger partial charge in [0.1, 0.15) is 5.54 Å². The summed E-state index contributed by atoms with van der Waals surface area (Å²) in [6, 6.07) is 7.54. The second-order valence-corrected chi connectivity index (χ2v) is 3.79. The largest absolute Gasteiger partial charge is 0.480 e. The van der Waals surface area contributed by atoms with Gasteiger partial charge in [0.25, 0.3) is 0 Å². The van der Waals surface area contributed by atoms with Gasteiger partial charge in [-0.05, 0) is 30.4 Å². The molecule has 4 heteroatoms. The minimum Gasteiger partial charge on any atom is -0.480 e. The predicted octanol–water partition coefficient (Wildman–Crippen LogP) is 0.437. The van der Waals surface area contributed by atoms with Crippen molar-refractivity contribution in [1.29, 1.82) is 0 Å². The minimum absolute atomic E-state index is 0. The van der Waals surface area contributed by atoms with Crippen LogP contribution in [-0.2, 0) is 16.8 Å². The Kier molecular flexibility index (Phi) is 3.12. The Morgan fingerprint density at radius 1 is 1.40 bits per heavy atom. The molecular weight excluding hydrogens is 194 g/mol. The fourth-order valence-corrected chi connectivity index (χ4v) is 2.09. The Morgan fingerprint density at radius 2 is 2.07 bits per heavy atom. The van der Waals surface area contributed by atoms with Crippen molar-refractivity contribution in [2.45, 2.75) is 24.8 Å². The third-order valence-corrected chi connectivity index (χ3v) is 2.90. The van der Waals surface area contributed by atoms with Gasteiger partial charge in [-0.1, -0.05) is 24.3 Å². The third-order valence-electron chi connectivity index (χ3n) is 2.90. The first-order valence-corrected chi connectivity index (χ1v) is 4.75. The Bertz CT molecular complexity index is 378. The molecule has 4 nitrogen and oxygen atoms in total. The van der Waals surface area contributed by atoms with Crippen LogP contribution in [0.3, 0.4) is 0 Å². The molecule has 82 valence electrons. The van der Waals surface area contributed by atoms with Crippen LogP contribution in [0.1, 0.15) is 24.0 Å². The van der Waals surface area contributed by atoms with Gasteiger partial charge >= 0.3 is 5.97 Å². The lowest BCUT2D eigenvalue weighted by atomic mass is 9.77. The maximum atomic E-state index is 11.1. The van der Waals surface area contributed by atoms with Crippen molar-refractivity contribution in [2.24, 2.45) is 5.73 Å². The van der Waals surface area contributed by atoms with E-state index in [0.717, 1.165) is 24.0 Å². The van der Waals surface area contributed by atoms with Gasteiger partial charge in [-0.25, -0.2) is 4.79 Å². The molecule has 1 aliphatic rings. The Labute approximate surface area is 88.0 Å². The summed E-state index contributed by atoms with van der Waals surface area (Å²) >= 11 is 0. The van der Waals surface area contributed by atoms with E-state index in [9.17, 15) is 4.79 Å². The molecule has 0 saturated carbocycles. The number of hydrogen-bond donors (Lipinski definition) is 2. The van der Waals surface area contributed by atoms with Crippen LogP contribution in [0.25, 0.3) is 0 Å². The molecule has 1 atom stereocenters. The highest BCUT2D eigenvalue weighted by Gasteiger charge is 2.39. The molecule has 0 amide bonds. The van der Waals surface area contributed by atoms with Gasteiger partial charge in [0, 0.05) is 0 Å². The normalized spacial score (nSPS) is 23.8. The second kappa shape index (κ2) is 4.00. The molecule has 15 heavy (non-hydrogen) atoms. The van der Waals surface area contributed by atoms with Gasteiger partial charge < -0.3 is 16.3 Å². The maximum Gasteiger partial charge on any atom is 0.328 e. The molecule has 2 rings (SSSR count). The Balaban J connectivity index is 0.00000112. The van der Waals surface area contributed by atoms with Gasteiger partial charge in [0.2, 0.25) is 0 Å². The summed E-state index contributed by atoms with van der Waals surface area (Å²) in [4.78, 5) is 11.1. The first-order chi connectivity index (χ1) is 6.64. The Morgan fingerprint density at radius 3 is 2.73 bits per heavy atom. The number of carbonyl (C=O) groups is 1. The van der Waals surface area contributed by atoms with Crippen LogP contribution in [-0.4, -0.2) is 16.6 Å². The number of carboxylic acid groups (broad SMARTS) is 1. The number of aryl methyl sites for hydroxylation is 1. The number of fused-ring (bicyclic) bond motifs is 1. The van der Waals surface area contributed by atoms with Crippen LogP contribution < -0.4 is 5.73 Å². The van der Waals surface area contributed by atoms with Crippen LogP contribution in [0.2, 0.25) is 0 Å². The zero-order chi connectivity index (χ0) is 10.2. The number of aliphatic carboxylic acids is 1. The van der Waals surface area contributed by atoms with Crippen molar-refractivity contribution in [3.05, 3.63) is 35.4 Å². The smallest absolute Gasteiger partial charge is 0.328 e. The number of carboxylic acids is 1. The molecule has 1 aliphatic carbocycles. The summed E-state index contributed by atoms with van der Waals surface area (Å²) in [7, 11) is 0.